The summed E-state index contributed by atoms with van der Waals surface area (Å²) >= 11 is 8.36. The van der Waals surface area contributed by atoms with E-state index >= 15 is 0 Å². The Hall–Kier alpha value is -3.01. The molecule has 4 rings (SSSR count). The van der Waals surface area contributed by atoms with Crippen LogP contribution >= 0.6 is 34.3 Å². The van der Waals surface area contributed by atoms with Crippen molar-refractivity contribution in [3.63, 3.8) is 0 Å². The molecule has 0 fully saturated rings. The number of carbonyl (C=O) groups is 3. The zero-order chi connectivity index (χ0) is 23.0. The van der Waals surface area contributed by atoms with E-state index in [-0.39, 0.29) is 22.2 Å². The van der Waals surface area contributed by atoms with Gasteiger partial charge in [0, 0.05) is 5.02 Å². The van der Waals surface area contributed by atoms with Crippen molar-refractivity contribution in [3.8, 4) is 0 Å². The molecule has 0 saturated carbocycles. The van der Waals surface area contributed by atoms with Crippen molar-refractivity contribution in [2.24, 2.45) is 0 Å². The maximum absolute atomic E-state index is 13.3. The number of anilines is 1. The van der Waals surface area contributed by atoms with Crippen molar-refractivity contribution >= 4 is 57.1 Å². The summed E-state index contributed by atoms with van der Waals surface area (Å²) in [5, 5.41) is 13.1. The number of aliphatic hydroxyl groups excluding tert-OH is 1. The lowest BCUT2D eigenvalue weighted by Gasteiger charge is -2.24. The Morgan fingerprint density at radius 2 is 2.06 bits per heavy atom. The molecule has 0 bridgehead atoms. The summed E-state index contributed by atoms with van der Waals surface area (Å²) in [6.45, 7) is 3.52. The number of ether oxygens (including phenoxy) is 1. The number of esters is 1. The number of hydrogen-bond acceptors (Lipinski definition) is 8. The number of aromatic nitrogens is 1. The number of ketones is 1. The molecule has 7 nitrogen and oxygen atoms in total. The molecule has 10 heteroatoms. The second-order valence-corrected chi connectivity index (χ2v) is 9.19. The minimum atomic E-state index is -0.962. The van der Waals surface area contributed by atoms with Crippen molar-refractivity contribution in [3.05, 3.63) is 79.1 Å². The van der Waals surface area contributed by atoms with E-state index in [0.717, 1.165) is 11.3 Å². The van der Waals surface area contributed by atoms with E-state index in [1.807, 2.05) is 0 Å². The average Bonchev–Trinajstić information content (AvgIpc) is 3.47. The van der Waals surface area contributed by atoms with Gasteiger partial charge >= 0.3 is 5.97 Å². The van der Waals surface area contributed by atoms with E-state index < -0.39 is 29.5 Å². The molecule has 3 aromatic rings. The molecule has 2 aromatic heterocycles. The summed E-state index contributed by atoms with van der Waals surface area (Å²) in [5.41, 5.74) is 0.851. The predicted molar refractivity (Wildman–Crippen MR) is 123 cm³/mol. The van der Waals surface area contributed by atoms with Gasteiger partial charge in [-0.1, -0.05) is 41.1 Å². The van der Waals surface area contributed by atoms with Gasteiger partial charge in [0.05, 0.1) is 28.8 Å². The number of halogens is 1. The van der Waals surface area contributed by atoms with Crippen molar-refractivity contribution < 1.29 is 24.2 Å². The molecular formula is C22H17ClN2O5S2. The highest BCUT2D eigenvalue weighted by atomic mass is 35.5. The van der Waals surface area contributed by atoms with E-state index in [1.54, 1.807) is 55.6 Å². The topological polar surface area (TPSA) is 96.8 Å². The fourth-order valence-corrected chi connectivity index (χ4v) is 5.30. The smallest absolute Gasteiger partial charge is 0.350 e. The average molecular weight is 489 g/mol. The van der Waals surface area contributed by atoms with Crippen LogP contribution in [0.5, 0.6) is 0 Å². The van der Waals surface area contributed by atoms with Crippen LogP contribution in [0.2, 0.25) is 5.02 Å². The van der Waals surface area contributed by atoms with Crippen LogP contribution in [0.25, 0.3) is 0 Å². The lowest BCUT2D eigenvalue weighted by molar-refractivity contribution is -0.117. The number of aryl methyl sites for hydroxylation is 1. The third kappa shape index (κ3) is 3.83. The minimum Gasteiger partial charge on any atom is -0.503 e. The Morgan fingerprint density at radius 1 is 1.28 bits per heavy atom. The second kappa shape index (κ2) is 8.85. The molecule has 1 aliphatic rings. The van der Waals surface area contributed by atoms with Crippen molar-refractivity contribution in [2.45, 2.75) is 19.9 Å². The van der Waals surface area contributed by atoms with Gasteiger partial charge in [-0.05, 0) is 43.0 Å². The fraction of sp³-hybridized carbons (Fsp3) is 0.182. The number of amides is 1. The molecule has 0 saturated heterocycles. The molecule has 1 aromatic carbocycles. The molecule has 0 aliphatic carbocycles. The van der Waals surface area contributed by atoms with E-state index in [4.69, 9.17) is 16.3 Å². The first kappa shape index (κ1) is 22.2. The highest BCUT2D eigenvalue weighted by molar-refractivity contribution is 7.17. The number of Topliss-reactive ketones (excluding diaryl/α,β-unsaturated/α-hetero) is 1. The van der Waals surface area contributed by atoms with E-state index in [1.165, 1.54) is 16.2 Å². The number of nitrogens with zero attached hydrogens (tertiary/aromatic N) is 2. The van der Waals surface area contributed by atoms with E-state index in [2.05, 4.69) is 4.98 Å². The fourth-order valence-electron chi connectivity index (χ4n) is 3.44. The summed E-state index contributed by atoms with van der Waals surface area (Å²) in [4.78, 5) is 44.9. The monoisotopic (exact) mass is 488 g/mol. The summed E-state index contributed by atoms with van der Waals surface area (Å²) in [7, 11) is 0. The Labute approximate surface area is 196 Å². The predicted octanol–water partition coefficient (Wildman–Crippen LogP) is 5.13. The third-order valence-corrected chi connectivity index (χ3v) is 7.05. The summed E-state index contributed by atoms with van der Waals surface area (Å²) in [6.07, 6.45) is 0. The summed E-state index contributed by atoms with van der Waals surface area (Å²) in [5.74, 6) is -2.44. The molecule has 0 radical (unpaired) electrons. The largest absolute Gasteiger partial charge is 0.503 e. The molecular weight excluding hydrogens is 472 g/mol. The Morgan fingerprint density at radius 3 is 2.72 bits per heavy atom. The highest BCUT2D eigenvalue weighted by Gasteiger charge is 2.46. The minimum absolute atomic E-state index is 0.0646. The molecule has 1 atom stereocenters. The van der Waals surface area contributed by atoms with Gasteiger partial charge in [-0.3, -0.25) is 14.5 Å². The van der Waals surface area contributed by atoms with E-state index in [0.29, 0.717) is 21.2 Å². The number of hydrogen-bond donors (Lipinski definition) is 1. The SMILES string of the molecule is CCOC(=O)c1sc(N2C(=O)C(O)=C(C(=O)c3cccs3)C2c2cccc(Cl)c2)nc1C. The van der Waals surface area contributed by atoms with Crippen molar-refractivity contribution in [2.75, 3.05) is 11.5 Å². The Bertz CT molecular complexity index is 1250. The summed E-state index contributed by atoms with van der Waals surface area (Å²) < 4.78 is 5.07. The first-order valence-corrected chi connectivity index (χ1v) is 11.7. The number of aliphatic hydroxyl groups is 1. The molecule has 0 spiro atoms. The summed E-state index contributed by atoms with van der Waals surface area (Å²) in [6, 6.07) is 9.08. The van der Waals surface area contributed by atoms with Crippen LogP contribution in [0.4, 0.5) is 5.13 Å². The highest BCUT2D eigenvalue weighted by Crippen LogP contribution is 2.44. The normalized spacial score (nSPS) is 16.0. The third-order valence-electron chi connectivity index (χ3n) is 4.81. The van der Waals surface area contributed by atoms with Gasteiger partial charge in [0.15, 0.2) is 10.9 Å². The molecule has 32 heavy (non-hydrogen) atoms. The zero-order valence-corrected chi connectivity index (χ0v) is 19.4. The zero-order valence-electron chi connectivity index (χ0n) is 17.0. The van der Waals surface area contributed by atoms with Gasteiger partial charge in [-0.25, -0.2) is 9.78 Å². The standard InChI is InChI=1S/C22H17ClN2O5S2/c1-3-30-21(29)19-11(2)24-22(32-19)25-16(12-6-4-7-13(23)10-12)15(18(27)20(25)28)17(26)14-8-5-9-31-14/h4-10,16,27H,3H2,1-2H3. The number of carbonyl (C=O) groups excluding carboxylic acids is 3. The van der Waals surface area contributed by atoms with E-state index in [9.17, 15) is 19.5 Å². The lowest BCUT2D eigenvalue weighted by Crippen LogP contribution is -2.31. The van der Waals surface area contributed by atoms with Gasteiger partial charge in [0.25, 0.3) is 5.91 Å². The first-order valence-electron chi connectivity index (χ1n) is 9.58. The number of benzene rings is 1. The molecule has 1 aliphatic heterocycles. The number of thiazole rings is 1. The lowest BCUT2D eigenvalue weighted by atomic mass is 9.95. The Balaban J connectivity index is 1.86. The van der Waals surface area contributed by atoms with Crippen LogP contribution < -0.4 is 4.90 Å². The number of thiophene rings is 1. The van der Waals surface area contributed by atoms with Crippen LogP contribution in [0.3, 0.4) is 0 Å². The molecule has 164 valence electrons. The van der Waals surface area contributed by atoms with Gasteiger partial charge in [-0.2, -0.15) is 0 Å². The van der Waals surface area contributed by atoms with Gasteiger partial charge in [0.1, 0.15) is 4.88 Å². The van der Waals surface area contributed by atoms with Crippen molar-refractivity contribution in [1.29, 1.82) is 0 Å². The quantitative estimate of drug-likeness (QED) is 0.382. The van der Waals surface area contributed by atoms with Crippen LogP contribution in [0, 0.1) is 6.92 Å². The second-order valence-electron chi connectivity index (χ2n) is 6.83. The first-order chi connectivity index (χ1) is 15.3. The maximum atomic E-state index is 13.3. The van der Waals surface area contributed by atoms with Gasteiger partial charge < -0.3 is 9.84 Å². The van der Waals surface area contributed by atoms with Crippen LogP contribution in [0.15, 0.2) is 53.1 Å². The molecule has 1 unspecified atom stereocenters. The maximum Gasteiger partial charge on any atom is 0.350 e. The molecule has 1 amide bonds. The van der Waals surface area contributed by atoms with Gasteiger partial charge in [-0.15, -0.1) is 11.3 Å². The van der Waals surface area contributed by atoms with Gasteiger partial charge in [0.2, 0.25) is 5.78 Å². The molecule has 3 heterocycles. The Kier molecular flexibility index (Phi) is 6.14. The van der Waals surface area contributed by atoms with Crippen molar-refractivity contribution in [1.82, 2.24) is 4.98 Å². The number of rotatable bonds is 6. The van der Waals surface area contributed by atoms with Crippen LogP contribution in [-0.4, -0.2) is 34.4 Å². The van der Waals surface area contributed by atoms with Crippen LogP contribution in [0.1, 0.15) is 43.6 Å². The molecule has 1 N–H and O–H groups in total. The van der Waals surface area contributed by atoms with Crippen LogP contribution in [-0.2, 0) is 9.53 Å².